The van der Waals surface area contributed by atoms with Crippen molar-refractivity contribution in [2.45, 2.75) is 13.3 Å². The minimum absolute atomic E-state index is 0.216. The lowest BCUT2D eigenvalue weighted by molar-refractivity contribution is -0.115. The van der Waals surface area contributed by atoms with Crippen molar-refractivity contribution in [3.05, 3.63) is 83.3 Å². The monoisotopic (exact) mass is 371 g/mol. The van der Waals surface area contributed by atoms with Crippen LogP contribution in [0.25, 0.3) is 0 Å². The number of hydrogen-bond acceptors (Lipinski definition) is 3. The summed E-state index contributed by atoms with van der Waals surface area (Å²) in [5.41, 5.74) is 2.08. The maximum atomic E-state index is 13.7. The lowest BCUT2D eigenvalue weighted by Gasteiger charge is -2.10. The first-order valence-electron chi connectivity index (χ1n) is 8.15. The Bertz CT molecular complexity index is 975. The second-order valence-corrected chi connectivity index (χ2v) is 5.93. The summed E-state index contributed by atoms with van der Waals surface area (Å²) < 4.78 is 39.9. The van der Waals surface area contributed by atoms with Crippen molar-refractivity contribution >= 4 is 23.1 Å². The molecule has 3 aromatic rings. The molecule has 0 aliphatic carbocycles. The fraction of sp³-hybridized carbons (Fsp3) is 0.100. The zero-order valence-electron chi connectivity index (χ0n) is 14.4. The maximum Gasteiger partial charge on any atom is 0.229 e. The van der Waals surface area contributed by atoms with Crippen LogP contribution in [0.3, 0.4) is 0 Å². The van der Waals surface area contributed by atoms with Crippen molar-refractivity contribution in [3.63, 3.8) is 0 Å². The van der Waals surface area contributed by atoms with Gasteiger partial charge in [0.05, 0.1) is 24.0 Å². The van der Waals surface area contributed by atoms with E-state index in [1.165, 1.54) is 18.3 Å². The highest BCUT2D eigenvalue weighted by atomic mass is 19.2. The van der Waals surface area contributed by atoms with Crippen molar-refractivity contribution in [2.75, 3.05) is 10.6 Å². The highest BCUT2D eigenvalue weighted by molar-refractivity contribution is 5.91. The Labute approximate surface area is 154 Å². The molecule has 0 atom stereocenters. The highest BCUT2D eigenvalue weighted by Crippen LogP contribution is 2.23. The van der Waals surface area contributed by atoms with E-state index in [1.54, 1.807) is 0 Å². The molecule has 3 rings (SSSR count). The molecule has 0 unspecified atom stereocenters. The van der Waals surface area contributed by atoms with Gasteiger partial charge in [-0.2, -0.15) is 0 Å². The van der Waals surface area contributed by atoms with Crippen LogP contribution in [-0.4, -0.2) is 10.9 Å². The molecule has 0 fully saturated rings. The predicted octanol–water partition coefficient (Wildman–Crippen LogP) is 4.73. The molecule has 0 aliphatic heterocycles. The van der Waals surface area contributed by atoms with E-state index < -0.39 is 17.5 Å². The highest BCUT2D eigenvalue weighted by Gasteiger charge is 2.13. The van der Waals surface area contributed by atoms with Crippen LogP contribution in [0.2, 0.25) is 0 Å². The van der Waals surface area contributed by atoms with Gasteiger partial charge < -0.3 is 10.6 Å². The van der Waals surface area contributed by atoms with Gasteiger partial charge in [-0.05, 0) is 42.3 Å². The number of amides is 1. The van der Waals surface area contributed by atoms with Gasteiger partial charge in [0.1, 0.15) is 5.82 Å². The van der Waals surface area contributed by atoms with E-state index in [4.69, 9.17) is 0 Å². The number of aryl methyl sites for hydroxylation is 1. The predicted molar refractivity (Wildman–Crippen MR) is 97.3 cm³/mol. The summed E-state index contributed by atoms with van der Waals surface area (Å²) in [4.78, 5) is 16.2. The normalized spacial score (nSPS) is 10.5. The standard InChI is InChI=1S/C20H16F3N3O/c1-12-4-2-3-5-13(12)10-18(27)26-17-9-6-14(11-24-17)25-16-8-7-15(21)19(22)20(16)23/h2-9,11,25H,10H2,1H3,(H,24,26,27). The van der Waals surface area contributed by atoms with Gasteiger partial charge in [-0.15, -0.1) is 0 Å². The van der Waals surface area contributed by atoms with Crippen molar-refractivity contribution in [1.82, 2.24) is 4.98 Å². The van der Waals surface area contributed by atoms with E-state index >= 15 is 0 Å². The van der Waals surface area contributed by atoms with E-state index in [2.05, 4.69) is 15.6 Å². The molecule has 0 spiro atoms. The zero-order chi connectivity index (χ0) is 19.4. The molecule has 0 radical (unpaired) electrons. The molecule has 27 heavy (non-hydrogen) atoms. The molecule has 138 valence electrons. The summed E-state index contributed by atoms with van der Waals surface area (Å²) >= 11 is 0. The van der Waals surface area contributed by atoms with E-state index in [0.717, 1.165) is 23.3 Å². The van der Waals surface area contributed by atoms with Crippen LogP contribution in [0.4, 0.5) is 30.4 Å². The first kappa shape index (κ1) is 18.4. The summed E-state index contributed by atoms with van der Waals surface area (Å²) in [6.45, 7) is 1.93. The summed E-state index contributed by atoms with van der Waals surface area (Å²) in [5, 5.41) is 5.29. The number of carbonyl (C=O) groups excluding carboxylic acids is 1. The van der Waals surface area contributed by atoms with Crippen LogP contribution in [-0.2, 0) is 11.2 Å². The topological polar surface area (TPSA) is 54.0 Å². The summed E-state index contributed by atoms with van der Waals surface area (Å²) in [7, 11) is 0. The average Bonchev–Trinajstić information content (AvgIpc) is 2.65. The van der Waals surface area contributed by atoms with Gasteiger partial charge in [-0.3, -0.25) is 4.79 Å². The Hall–Kier alpha value is -3.35. The Kier molecular flexibility index (Phi) is 5.40. The molecule has 0 bridgehead atoms. The van der Waals surface area contributed by atoms with Crippen molar-refractivity contribution < 1.29 is 18.0 Å². The van der Waals surface area contributed by atoms with Crippen LogP contribution in [0.1, 0.15) is 11.1 Å². The summed E-state index contributed by atoms with van der Waals surface area (Å²) in [6.07, 6.45) is 1.57. The van der Waals surface area contributed by atoms with Crippen molar-refractivity contribution in [3.8, 4) is 0 Å². The number of nitrogens with one attached hydrogen (secondary N) is 2. The first-order valence-corrected chi connectivity index (χ1v) is 8.15. The minimum atomic E-state index is -1.55. The number of rotatable bonds is 5. The van der Waals surface area contributed by atoms with E-state index in [0.29, 0.717) is 11.5 Å². The lowest BCUT2D eigenvalue weighted by Crippen LogP contribution is -2.15. The third-order valence-corrected chi connectivity index (χ3v) is 3.96. The molecular weight excluding hydrogens is 355 g/mol. The molecule has 4 nitrogen and oxygen atoms in total. The maximum absolute atomic E-state index is 13.7. The van der Waals surface area contributed by atoms with E-state index in [-0.39, 0.29) is 18.0 Å². The number of anilines is 3. The van der Waals surface area contributed by atoms with E-state index in [1.807, 2.05) is 31.2 Å². The van der Waals surface area contributed by atoms with Gasteiger partial charge in [0, 0.05) is 0 Å². The average molecular weight is 371 g/mol. The van der Waals surface area contributed by atoms with Gasteiger partial charge in [0.25, 0.3) is 0 Å². The number of carbonyl (C=O) groups is 1. The van der Waals surface area contributed by atoms with Crippen molar-refractivity contribution in [1.29, 1.82) is 0 Å². The molecule has 1 heterocycles. The molecule has 2 aromatic carbocycles. The zero-order valence-corrected chi connectivity index (χ0v) is 14.4. The summed E-state index contributed by atoms with van der Waals surface area (Å²) in [6, 6.07) is 12.6. The minimum Gasteiger partial charge on any atom is -0.352 e. The van der Waals surface area contributed by atoms with Crippen LogP contribution >= 0.6 is 0 Å². The molecule has 0 saturated heterocycles. The number of halogens is 3. The van der Waals surface area contributed by atoms with Crippen LogP contribution in [0, 0.1) is 24.4 Å². The molecule has 7 heteroatoms. The third-order valence-electron chi connectivity index (χ3n) is 3.96. The second kappa shape index (κ2) is 7.90. The third kappa shape index (κ3) is 4.44. The molecule has 2 N–H and O–H groups in total. The fourth-order valence-corrected chi connectivity index (χ4v) is 2.49. The Morgan fingerprint density at radius 3 is 2.48 bits per heavy atom. The quantitative estimate of drug-likeness (QED) is 0.638. The van der Waals surface area contributed by atoms with Crippen LogP contribution < -0.4 is 10.6 Å². The van der Waals surface area contributed by atoms with Gasteiger partial charge in [0.2, 0.25) is 5.91 Å². The molecule has 0 saturated carbocycles. The number of benzene rings is 2. The summed E-state index contributed by atoms with van der Waals surface area (Å²) in [5.74, 6) is -4.02. The molecular formula is C20H16F3N3O. The SMILES string of the molecule is Cc1ccccc1CC(=O)Nc1ccc(Nc2ccc(F)c(F)c2F)cn1. The first-order chi connectivity index (χ1) is 12.9. The van der Waals surface area contributed by atoms with Gasteiger partial charge >= 0.3 is 0 Å². The second-order valence-electron chi connectivity index (χ2n) is 5.93. The van der Waals surface area contributed by atoms with Gasteiger partial charge in [-0.25, -0.2) is 18.2 Å². The fourth-order valence-electron chi connectivity index (χ4n) is 2.49. The lowest BCUT2D eigenvalue weighted by atomic mass is 10.1. The van der Waals surface area contributed by atoms with Gasteiger partial charge in [0.15, 0.2) is 17.5 Å². The molecule has 1 amide bonds. The number of aromatic nitrogens is 1. The van der Waals surface area contributed by atoms with Crippen LogP contribution in [0.15, 0.2) is 54.7 Å². The Morgan fingerprint density at radius 1 is 1.00 bits per heavy atom. The molecule has 1 aromatic heterocycles. The van der Waals surface area contributed by atoms with Gasteiger partial charge in [-0.1, -0.05) is 24.3 Å². The largest absolute Gasteiger partial charge is 0.352 e. The Balaban J connectivity index is 1.64. The van der Waals surface area contributed by atoms with E-state index in [9.17, 15) is 18.0 Å². The van der Waals surface area contributed by atoms with Crippen molar-refractivity contribution in [2.24, 2.45) is 0 Å². The smallest absolute Gasteiger partial charge is 0.229 e. The molecule has 0 aliphatic rings. The van der Waals surface area contributed by atoms with Crippen LogP contribution in [0.5, 0.6) is 0 Å². The number of hydrogen-bond donors (Lipinski definition) is 2. The number of pyridine rings is 1. The number of nitrogens with zero attached hydrogens (tertiary/aromatic N) is 1. The Morgan fingerprint density at radius 2 is 1.78 bits per heavy atom.